The summed E-state index contributed by atoms with van der Waals surface area (Å²) in [6, 6.07) is 8.21. The van der Waals surface area contributed by atoms with Crippen LogP contribution in [0.5, 0.6) is 5.75 Å². The van der Waals surface area contributed by atoms with E-state index in [1.165, 1.54) is 12.8 Å². The largest absolute Gasteiger partial charge is 0.497 e. The second kappa shape index (κ2) is 6.35. The second-order valence-corrected chi connectivity index (χ2v) is 6.65. The van der Waals surface area contributed by atoms with Gasteiger partial charge in [-0.1, -0.05) is 6.92 Å². The van der Waals surface area contributed by atoms with Crippen molar-refractivity contribution in [2.75, 3.05) is 12.4 Å². The topological polar surface area (TPSA) is 64.9 Å². The summed E-state index contributed by atoms with van der Waals surface area (Å²) in [7, 11) is 1.67. The van der Waals surface area contributed by atoms with E-state index in [1.54, 1.807) is 7.11 Å². The third-order valence-electron chi connectivity index (χ3n) is 4.70. The van der Waals surface area contributed by atoms with Crippen molar-refractivity contribution >= 4 is 16.9 Å². The van der Waals surface area contributed by atoms with Crippen molar-refractivity contribution in [1.82, 2.24) is 19.7 Å². The fourth-order valence-electron chi connectivity index (χ4n) is 2.81. The van der Waals surface area contributed by atoms with Gasteiger partial charge in [-0.05, 0) is 50.5 Å². The Morgan fingerprint density at radius 3 is 2.64 bits per heavy atom. The van der Waals surface area contributed by atoms with Crippen molar-refractivity contribution in [3.05, 3.63) is 36.3 Å². The van der Waals surface area contributed by atoms with Crippen LogP contribution < -0.4 is 10.1 Å². The molecule has 3 aromatic rings. The first kappa shape index (κ1) is 15.9. The Morgan fingerprint density at radius 1 is 1.24 bits per heavy atom. The molecule has 1 aromatic carbocycles. The van der Waals surface area contributed by atoms with E-state index in [9.17, 15) is 0 Å². The SMILES string of the molecule is CCC(C)Nc1nc(C2CC2)nc2c1cnn2-c1ccc(OC)cc1. The van der Waals surface area contributed by atoms with Crippen LogP contribution in [-0.4, -0.2) is 32.9 Å². The van der Waals surface area contributed by atoms with Crippen molar-refractivity contribution < 1.29 is 4.74 Å². The molecule has 2 aromatic heterocycles. The van der Waals surface area contributed by atoms with Crippen LogP contribution in [0.25, 0.3) is 16.7 Å². The molecule has 4 rings (SSSR count). The molecular weight excluding hydrogens is 314 g/mol. The van der Waals surface area contributed by atoms with E-state index in [4.69, 9.17) is 14.7 Å². The van der Waals surface area contributed by atoms with E-state index < -0.39 is 0 Å². The third-order valence-corrected chi connectivity index (χ3v) is 4.70. The lowest BCUT2D eigenvalue weighted by atomic mass is 10.2. The predicted octanol–water partition coefficient (Wildman–Crippen LogP) is 3.91. The first-order valence-corrected chi connectivity index (χ1v) is 8.86. The van der Waals surface area contributed by atoms with Crippen molar-refractivity contribution in [3.63, 3.8) is 0 Å². The number of anilines is 1. The Morgan fingerprint density at radius 2 is 2.00 bits per heavy atom. The summed E-state index contributed by atoms with van der Waals surface area (Å²) in [6.45, 7) is 4.33. The Kier molecular flexibility index (Phi) is 4.03. The summed E-state index contributed by atoms with van der Waals surface area (Å²) < 4.78 is 7.12. The molecule has 0 amide bonds. The molecule has 0 saturated heterocycles. The van der Waals surface area contributed by atoms with Crippen LogP contribution in [-0.2, 0) is 0 Å². The quantitative estimate of drug-likeness (QED) is 0.739. The third kappa shape index (κ3) is 3.04. The van der Waals surface area contributed by atoms with Gasteiger partial charge in [-0.3, -0.25) is 0 Å². The first-order valence-electron chi connectivity index (χ1n) is 8.86. The maximum Gasteiger partial charge on any atom is 0.168 e. The highest BCUT2D eigenvalue weighted by Crippen LogP contribution is 2.39. The normalized spacial score (nSPS) is 15.3. The Hall–Kier alpha value is -2.63. The van der Waals surface area contributed by atoms with Crippen LogP contribution in [0, 0.1) is 0 Å². The average Bonchev–Trinajstić information content (AvgIpc) is 3.41. The lowest BCUT2D eigenvalue weighted by Crippen LogP contribution is -2.15. The van der Waals surface area contributed by atoms with Crippen LogP contribution in [0.4, 0.5) is 5.82 Å². The molecule has 0 bridgehead atoms. The lowest BCUT2D eigenvalue weighted by Gasteiger charge is -2.14. The number of ether oxygens (including phenoxy) is 1. The van der Waals surface area contributed by atoms with E-state index in [1.807, 2.05) is 35.1 Å². The van der Waals surface area contributed by atoms with Gasteiger partial charge in [0.2, 0.25) is 0 Å². The zero-order valence-electron chi connectivity index (χ0n) is 14.9. The molecule has 1 N–H and O–H groups in total. The summed E-state index contributed by atoms with van der Waals surface area (Å²) in [5, 5.41) is 9.04. The van der Waals surface area contributed by atoms with Gasteiger partial charge in [-0.25, -0.2) is 14.6 Å². The maximum atomic E-state index is 5.24. The van der Waals surface area contributed by atoms with E-state index in [-0.39, 0.29) is 0 Å². The molecule has 130 valence electrons. The molecule has 0 aliphatic heterocycles. The molecule has 6 nitrogen and oxygen atoms in total. The molecule has 25 heavy (non-hydrogen) atoms. The van der Waals surface area contributed by atoms with E-state index in [0.717, 1.165) is 40.5 Å². The van der Waals surface area contributed by atoms with Crippen LogP contribution in [0.1, 0.15) is 44.9 Å². The number of hydrogen-bond acceptors (Lipinski definition) is 5. The number of benzene rings is 1. The standard InChI is InChI=1S/C19H23N5O/c1-4-12(2)21-18-16-11-20-24(14-7-9-15(25-3)10-8-14)19(16)23-17(22-18)13-5-6-13/h7-13H,4-6H2,1-3H3,(H,21,22,23). The molecule has 6 heteroatoms. The van der Waals surface area contributed by atoms with Gasteiger partial charge in [0.15, 0.2) is 5.65 Å². The van der Waals surface area contributed by atoms with Crippen molar-refractivity contribution in [2.24, 2.45) is 0 Å². The fourth-order valence-corrected chi connectivity index (χ4v) is 2.81. The summed E-state index contributed by atoms with van der Waals surface area (Å²) >= 11 is 0. The first-order chi connectivity index (χ1) is 12.2. The van der Waals surface area contributed by atoms with Crippen LogP contribution in [0.3, 0.4) is 0 Å². The Bertz CT molecular complexity index is 883. The highest BCUT2D eigenvalue weighted by molar-refractivity contribution is 5.87. The Balaban J connectivity index is 1.82. The molecule has 2 heterocycles. The van der Waals surface area contributed by atoms with E-state index in [2.05, 4.69) is 24.3 Å². The molecule has 1 aliphatic rings. The van der Waals surface area contributed by atoms with Crippen LogP contribution >= 0.6 is 0 Å². The lowest BCUT2D eigenvalue weighted by molar-refractivity contribution is 0.414. The average molecular weight is 337 g/mol. The van der Waals surface area contributed by atoms with Crippen molar-refractivity contribution in [2.45, 2.75) is 45.1 Å². The molecule has 0 spiro atoms. The molecule has 1 atom stereocenters. The zero-order chi connectivity index (χ0) is 17.4. The van der Waals surface area contributed by atoms with Crippen LogP contribution in [0.2, 0.25) is 0 Å². The van der Waals surface area contributed by atoms with Gasteiger partial charge in [-0.15, -0.1) is 0 Å². The van der Waals surface area contributed by atoms with Gasteiger partial charge >= 0.3 is 0 Å². The number of rotatable bonds is 6. The highest BCUT2D eigenvalue weighted by atomic mass is 16.5. The number of fused-ring (bicyclic) bond motifs is 1. The smallest absolute Gasteiger partial charge is 0.168 e. The minimum absolute atomic E-state index is 0.356. The highest BCUT2D eigenvalue weighted by Gasteiger charge is 2.28. The predicted molar refractivity (Wildman–Crippen MR) is 98.6 cm³/mol. The number of nitrogens with one attached hydrogen (secondary N) is 1. The summed E-state index contributed by atoms with van der Waals surface area (Å²) in [5.74, 6) is 3.13. The van der Waals surface area contributed by atoms with Gasteiger partial charge in [0.05, 0.1) is 24.4 Å². The molecular formula is C19H23N5O. The number of methoxy groups -OCH3 is 1. The fraction of sp³-hybridized carbons (Fsp3) is 0.421. The van der Waals surface area contributed by atoms with Gasteiger partial charge < -0.3 is 10.1 Å². The van der Waals surface area contributed by atoms with Gasteiger partial charge in [0.1, 0.15) is 17.4 Å². The molecule has 0 radical (unpaired) electrons. The number of aromatic nitrogens is 4. The minimum atomic E-state index is 0.356. The summed E-state index contributed by atoms with van der Waals surface area (Å²) in [4.78, 5) is 9.62. The van der Waals surface area contributed by atoms with E-state index >= 15 is 0 Å². The van der Waals surface area contributed by atoms with Gasteiger partial charge in [-0.2, -0.15) is 5.10 Å². The second-order valence-electron chi connectivity index (χ2n) is 6.65. The van der Waals surface area contributed by atoms with Crippen molar-refractivity contribution in [1.29, 1.82) is 0 Å². The molecule has 1 saturated carbocycles. The van der Waals surface area contributed by atoms with Gasteiger partial charge in [0.25, 0.3) is 0 Å². The monoisotopic (exact) mass is 337 g/mol. The zero-order valence-corrected chi connectivity index (χ0v) is 14.9. The number of nitrogens with zero attached hydrogens (tertiary/aromatic N) is 4. The Labute approximate surface area is 147 Å². The molecule has 1 aliphatic carbocycles. The van der Waals surface area contributed by atoms with Crippen molar-refractivity contribution in [3.8, 4) is 11.4 Å². The van der Waals surface area contributed by atoms with E-state index in [0.29, 0.717) is 12.0 Å². The summed E-state index contributed by atoms with van der Waals surface area (Å²) in [5.41, 5.74) is 1.82. The summed E-state index contributed by atoms with van der Waals surface area (Å²) in [6.07, 6.45) is 5.23. The molecule has 1 unspecified atom stereocenters. The van der Waals surface area contributed by atoms with Gasteiger partial charge in [0, 0.05) is 12.0 Å². The van der Waals surface area contributed by atoms with Crippen LogP contribution in [0.15, 0.2) is 30.5 Å². The number of hydrogen-bond donors (Lipinski definition) is 1. The molecule has 1 fully saturated rings. The minimum Gasteiger partial charge on any atom is -0.497 e. The maximum absolute atomic E-state index is 5.24.